The molecular weight excluding hydrogens is 252 g/mol. The van der Waals surface area contributed by atoms with E-state index in [1.165, 1.54) is 0 Å². The van der Waals surface area contributed by atoms with E-state index in [-0.39, 0.29) is 0 Å². The van der Waals surface area contributed by atoms with Crippen LogP contribution in [0.4, 0.5) is 11.6 Å². The Hall–Kier alpha value is -1.36. The third-order valence-corrected chi connectivity index (χ3v) is 2.67. The van der Waals surface area contributed by atoms with Gasteiger partial charge in [-0.05, 0) is 19.3 Å². The van der Waals surface area contributed by atoms with Crippen molar-refractivity contribution in [2.24, 2.45) is 5.92 Å². The molecule has 5 nitrogen and oxygen atoms in total. The second-order valence-corrected chi connectivity index (χ2v) is 5.19. The predicted molar refractivity (Wildman–Crippen MR) is 84.3 cm³/mol. The van der Waals surface area contributed by atoms with Gasteiger partial charge in [-0.1, -0.05) is 20.8 Å². The van der Waals surface area contributed by atoms with Crippen molar-refractivity contribution in [2.75, 3.05) is 36.9 Å². The van der Waals surface area contributed by atoms with Crippen molar-refractivity contribution < 1.29 is 4.74 Å². The molecule has 0 fully saturated rings. The first kappa shape index (κ1) is 16.7. The van der Waals surface area contributed by atoms with Crippen LogP contribution in [0.5, 0.6) is 0 Å². The number of aryl methyl sites for hydroxylation is 1. The average molecular weight is 280 g/mol. The van der Waals surface area contributed by atoms with Gasteiger partial charge in [-0.3, -0.25) is 0 Å². The SMILES string of the molecule is CCNc1cc(NCCCOCC(C)C)nc(CC)n1. The molecule has 0 spiro atoms. The zero-order valence-corrected chi connectivity index (χ0v) is 13.2. The maximum atomic E-state index is 5.56. The van der Waals surface area contributed by atoms with Gasteiger partial charge in [0.2, 0.25) is 0 Å². The molecule has 0 aromatic carbocycles. The number of anilines is 2. The number of rotatable bonds is 10. The lowest BCUT2D eigenvalue weighted by Gasteiger charge is -2.10. The summed E-state index contributed by atoms with van der Waals surface area (Å²) >= 11 is 0. The van der Waals surface area contributed by atoms with Gasteiger partial charge >= 0.3 is 0 Å². The van der Waals surface area contributed by atoms with Crippen LogP contribution in [0.2, 0.25) is 0 Å². The van der Waals surface area contributed by atoms with Crippen LogP contribution < -0.4 is 10.6 Å². The van der Waals surface area contributed by atoms with Crippen molar-refractivity contribution in [2.45, 2.75) is 40.5 Å². The Morgan fingerprint density at radius 1 is 1.15 bits per heavy atom. The smallest absolute Gasteiger partial charge is 0.132 e. The van der Waals surface area contributed by atoms with Crippen molar-refractivity contribution in [1.29, 1.82) is 0 Å². The standard InChI is InChI=1S/C15H28N4O/c1-5-13-18-14(16-6-2)10-15(19-13)17-8-7-9-20-11-12(3)4/h10,12H,5-9,11H2,1-4H3,(H2,16,17,18,19). The number of aromatic nitrogens is 2. The van der Waals surface area contributed by atoms with Gasteiger partial charge in [0.05, 0.1) is 0 Å². The fourth-order valence-corrected chi connectivity index (χ4v) is 1.73. The van der Waals surface area contributed by atoms with Crippen molar-refractivity contribution in [3.05, 3.63) is 11.9 Å². The lowest BCUT2D eigenvalue weighted by molar-refractivity contribution is 0.110. The topological polar surface area (TPSA) is 59.1 Å². The predicted octanol–water partition coefficient (Wildman–Crippen LogP) is 2.95. The van der Waals surface area contributed by atoms with Crippen LogP contribution in [-0.4, -0.2) is 36.3 Å². The second-order valence-electron chi connectivity index (χ2n) is 5.19. The van der Waals surface area contributed by atoms with Gasteiger partial charge in [-0.15, -0.1) is 0 Å². The normalized spacial score (nSPS) is 10.8. The van der Waals surface area contributed by atoms with Crippen LogP contribution >= 0.6 is 0 Å². The molecule has 5 heteroatoms. The van der Waals surface area contributed by atoms with Gasteiger partial charge in [-0.2, -0.15) is 0 Å². The number of ether oxygens (including phenoxy) is 1. The monoisotopic (exact) mass is 280 g/mol. The minimum Gasteiger partial charge on any atom is -0.381 e. The Morgan fingerprint density at radius 3 is 2.45 bits per heavy atom. The molecule has 0 aliphatic carbocycles. The summed E-state index contributed by atoms with van der Waals surface area (Å²) in [7, 11) is 0. The highest BCUT2D eigenvalue weighted by Gasteiger charge is 2.02. The molecular formula is C15H28N4O. The third kappa shape index (κ3) is 6.70. The highest BCUT2D eigenvalue weighted by atomic mass is 16.5. The maximum absolute atomic E-state index is 5.56. The number of nitrogens with zero attached hydrogens (tertiary/aromatic N) is 2. The summed E-state index contributed by atoms with van der Waals surface area (Å²) in [4.78, 5) is 8.91. The van der Waals surface area contributed by atoms with Gasteiger partial charge in [0.15, 0.2) is 0 Å². The largest absolute Gasteiger partial charge is 0.381 e. The van der Waals surface area contributed by atoms with E-state index in [4.69, 9.17) is 4.74 Å². The zero-order valence-electron chi connectivity index (χ0n) is 13.2. The zero-order chi connectivity index (χ0) is 14.8. The average Bonchev–Trinajstić information content (AvgIpc) is 2.42. The molecule has 0 saturated carbocycles. The Morgan fingerprint density at radius 2 is 1.85 bits per heavy atom. The third-order valence-electron chi connectivity index (χ3n) is 2.67. The number of hydrogen-bond donors (Lipinski definition) is 2. The van der Waals surface area contributed by atoms with Gasteiger partial charge in [0.1, 0.15) is 17.5 Å². The Labute approximate surface area is 122 Å². The maximum Gasteiger partial charge on any atom is 0.132 e. The van der Waals surface area contributed by atoms with Crippen molar-refractivity contribution in [3.63, 3.8) is 0 Å². The van der Waals surface area contributed by atoms with E-state index >= 15 is 0 Å². The molecule has 114 valence electrons. The summed E-state index contributed by atoms with van der Waals surface area (Å²) < 4.78 is 5.56. The van der Waals surface area contributed by atoms with E-state index in [1.807, 2.05) is 6.07 Å². The fourth-order valence-electron chi connectivity index (χ4n) is 1.73. The summed E-state index contributed by atoms with van der Waals surface area (Å²) in [5.41, 5.74) is 0. The van der Waals surface area contributed by atoms with Gasteiger partial charge < -0.3 is 15.4 Å². The van der Waals surface area contributed by atoms with E-state index in [9.17, 15) is 0 Å². The molecule has 1 aromatic rings. The van der Waals surface area contributed by atoms with Gasteiger partial charge in [0, 0.05) is 38.8 Å². The van der Waals surface area contributed by atoms with Crippen molar-refractivity contribution >= 4 is 11.6 Å². The van der Waals surface area contributed by atoms with Crippen LogP contribution in [0.15, 0.2) is 6.07 Å². The van der Waals surface area contributed by atoms with Gasteiger partial charge in [-0.25, -0.2) is 9.97 Å². The number of hydrogen-bond acceptors (Lipinski definition) is 5. The van der Waals surface area contributed by atoms with Crippen molar-refractivity contribution in [1.82, 2.24) is 9.97 Å². The molecule has 2 N–H and O–H groups in total. The molecule has 1 heterocycles. The lowest BCUT2D eigenvalue weighted by Crippen LogP contribution is -2.11. The minimum atomic E-state index is 0.597. The molecule has 0 aliphatic heterocycles. The highest BCUT2D eigenvalue weighted by molar-refractivity contribution is 5.47. The van der Waals surface area contributed by atoms with Crippen LogP contribution in [0, 0.1) is 5.92 Å². The Balaban J connectivity index is 2.36. The molecule has 1 aromatic heterocycles. The summed E-state index contributed by atoms with van der Waals surface area (Å²) in [5, 5.41) is 6.57. The van der Waals surface area contributed by atoms with E-state index in [1.54, 1.807) is 0 Å². The molecule has 20 heavy (non-hydrogen) atoms. The quantitative estimate of drug-likeness (QED) is 0.645. The van der Waals surface area contributed by atoms with Crippen LogP contribution in [0.3, 0.4) is 0 Å². The minimum absolute atomic E-state index is 0.597. The molecule has 0 bridgehead atoms. The Kier molecular flexibility index (Phi) is 7.95. The summed E-state index contributed by atoms with van der Waals surface area (Å²) in [6.45, 7) is 11.8. The molecule has 0 amide bonds. The fraction of sp³-hybridized carbons (Fsp3) is 0.733. The van der Waals surface area contributed by atoms with E-state index in [0.29, 0.717) is 5.92 Å². The molecule has 0 saturated heterocycles. The van der Waals surface area contributed by atoms with Crippen LogP contribution in [-0.2, 0) is 11.2 Å². The van der Waals surface area contributed by atoms with Crippen LogP contribution in [0.1, 0.15) is 39.9 Å². The molecule has 0 unspecified atom stereocenters. The first-order valence-electron chi connectivity index (χ1n) is 7.59. The summed E-state index contributed by atoms with van der Waals surface area (Å²) in [6.07, 6.45) is 1.82. The molecule has 1 rings (SSSR count). The summed E-state index contributed by atoms with van der Waals surface area (Å²) in [5.74, 6) is 3.23. The van der Waals surface area contributed by atoms with Crippen molar-refractivity contribution in [3.8, 4) is 0 Å². The summed E-state index contributed by atoms with van der Waals surface area (Å²) in [6, 6.07) is 1.96. The van der Waals surface area contributed by atoms with Crippen LogP contribution in [0.25, 0.3) is 0 Å². The first-order chi connectivity index (χ1) is 9.65. The van der Waals surface area contributed by atoms with E-state index < -0.39 is 0 Å². The second kappa shape index (κ2) is 9.53. The molecule has 0 atom stereocenters. The number of nitrogens with one attached hydrogen (secondary N) is 2. The van der Waals surface area contributed by atoms with E-state index in [0.717, 1.165) is 56.6 Å². The van der Waals surface area contributed by atoms with Gasteiger partial charge in [0.25, 0.3) is 0 Å². The Bertz CT molecular complexity index is 382. The first-order valence-corrected chi connectivity index (χ1v) is 7.59. The molecule has 0 radical (unpaired) electrons. The molecule has 0 aliphatic rings. The highest BCUT2D eigenvalue weighted by Crippen LogP contribution is 2.11. The lowest BCUT2D eigenvalue weighted by atomic mass is 10.2. The van der Waals surface area contributed by atoms with E-state index in [2.05, 4.69) is 48.3 Å².